The second-order valence-electron chi connectivity index (χ2n) is 5.79. The highest BCUT2D eigenvalue weighted by molar-refractivity contribution is 5.72. The Morgan fingerprint density at radius 1 is 0.667 bits per heavy atom. The number of carbonyl (C=O) groups is 2. The summed E-state index contributed by atoms with van der Waals surface area (Å²) in [6, 6.07) is 0. The van der Waals surface area contributed by atoms with Crippen molar-refractivity contribution >= 4 is 11.9 Å². The highest BCUT2D eigenvalue weighted by Crippen LogP contribution is 2.44. The van der Waals surface area contributed by atoms with Gasteiger partial charge in [-0.3, -0.25) is 9.59 Å². The van der Waals surface area contributed by atoms with Gasteiger partial charge in [0.05, 0.1) is 11.8 Å². The molecule has 0 aromatic carbocycles. The van der Waals surface area contributed by atoms with E-state index in [1.165, 1.54) is 0 Å². The third-order valence-electron chi connectivity index (χ3n) is 4.82. The van der Waals surface area contributed by atoms with Gasteiger partial charge in [-0.15, -0.1) is 0 Å². The van der Waals surface area contributed by atoms with Gasteiger partial charge in [0.2, 0.25) is 0 Å². The molecule has 2 aliphatic carbocycles. The fourth-order valence-electron chi connectivity index (χ4n) is 3.96. The first-order chi connectivity index (χ1) is 8.61. The lowest BCUT2D eigenvalue weighted by Gasteiger charge is -2.40. The van der Waals surface area contributed by atoms with E-state index in [4.69, 9.17) is 0 Å². The molecule has 4 heteroatoms. The van der Waals surface area contributed by atoms with Crippen LogP contribution in [0.4, 0.5) is 0 Å². The van der Waals surface area contributed by atoms with E-state index < -0.39 is 11.9 Å². The molecule has 102 valence electrons. The van der Waals surface area contributed by atoms with Crippen molar-refractivity contribution in [1.82, 2.24) is 0 Å². The Labute approximate surface area is 107 Å². The summed E-state index contributed by atoms with van der Waals surface area (Å²) in [5.74, 6) is -1.92. The van der Waals surface area contributed by atoms with Crippen molar-refractivity contribution in [3.63, 3.8) is 0 Å². The summed E-state index contributed by atoms with van der Waals surface area (Å²) in [5.41, 5.74) is 0. The molecule has 0 aromatic rings. The molecule has 0 spiro atoms. The quantitative estimate of drug-likeness (QED) is 0.812. The molecule has 2 fully saturated rings. The van der Waals surface area contributed by atoms with E-state index in [0.717, 1.165) is 51.4 Å². The summed E-state index contributed by atoms with van der Waals surface area (Å²) in [4.78, 5) is 22.7. The van der Waals surface area contributed by atoms with E-state index in [-0.39, 0.29) is 23.7 Å². The van der Waals surface area contributed by atoms with Crippen LogP contribution in [0.2, 0.25) is 0 Å². The van der Waals surface area contributed by atoms with Gasteiger partial charge in [0.25, 0.3) is 0 Å². The monoisotopic (exact) mass is 254 g/mol. The molecular formula is C14H22O4. The number of hydrogen-bond acceptors (Lipinski definition) is 2. The molecule has 0 bridgehead atoms. The van der Waals surface area contributed by atoms with Gasteiger partial charge in [-0.25, -0.2) is 0 Å². The highest BCUT2D eigenvalue weighted by atomic mass is 16.4. The van der Waals surface area contributed by atoms with Crippen molar-refractivity contribution in [2.24, 2.45) is 23.7 Å². The molecule has 0 radical (unpaired) electrons. The molecule has 18 heavy (non-hydrogen) atoms. The third-order valence-corrected chi connectivity index (χ3v) is 4.82. The Balaban J connectivity index is 2.15. The van der Waals surface area contributed by atoms with Crippen LogP contribution in [0.3, 0.4) is 0 Å². The average molecular weight is 254 g/mol. The van der Waals surface area contributed by atoms with Gasteiger partial charge in [0.1, 0.15) is 0 Å². The average Bonchev–Trinajstić information content (AvgIpc) is 2.38. The Morgan fingerprint density at radius 3 is 1.33 bits per heavy atom. The van der Waals surface area contributed by atoms with E-state index in [1.807, 2.05) is 0 Å². The smallest absolute Gasteiger partial charge is 0.306 e. The van der Waals surface area contributed by atoms with Crippen LogP contribution in [0.15, 0.2) is 0 Å². The number of hydrogen-bond donors (Lipinski definition) is 2. The van der Waals surface area contributed by atoms with Crippen LogP contribution >= 0.6 is 0 Å². The van der Waals surface area contributed by atoms with Crippen molar-refractivity contribution in [2.45, 2.75) is 51.4 Å². The van der Waals surface area contributed by atoms with Gasteiger partial charge >= 0.3 is 11.9 Å². The minimum atomic E-state index is -0.727. The normalized spacial score (nSPS) is 37.1. The first kappa shape index (κ1) is 13.4. The zero-order valence-corrected chi connectivity index (χ0v) is 10.7. The number of aliphatic carboxylic acids is 2. The van der Waals surface area contributed by atoms with Crippen LogP contribution in [-0.2, 0) is 9.59 Å². The second kappa shape index (κ2) is 5.72. The minimum absolute atomic E-state index is 0.0812. The standard InChI is InChI=1S/C14H22O4/c15-13(16)11-7-3-1-5-9(11)10-6-2-4-8-12(10)14(17)18/h9-12H,1-8H2,(H,15,16)(H,17,18)/t9-,10-,11?,12?/m0/s1. The zero-order valence-electron chi connectivity index (χ0n) is 10.7. The maximum atomic E-state index is 11.3. The van der Waals surface area contributed by atoms with Crippen LogP contribution in [0.5, 0.6) is 0 Å². The molecule has 4 nitrogen and oxygen atoms in total. The van der Waals surface area contributed by atoms with Crippen LogP contribution in [0, 0.1) is 23.7 Å². The number of rotatable bonds is 3. The predicted octanol–water partition coefficient (Wildman–Crippen LogP) is 2.77. The predicted molar refractivity (Wildman–Crippen MR) is 66.2 cm³/mol. The molecule has 2 saturated carbocycles. The van der Waals surface area contributed by atoms with Gasteiger partial charge in [0.15, 0.2) is 0 Å². The highest BCUT2D eigenvalue weighted by Gasteiger charge is 2.42. The van der Waals surface area contributed by atoms with Crippen molar-refractivity contribution in [2.75, 3.05) is 0 Å². The molecule has 0 aliphatic heterocycles. The minimum Gasteiger partial charge on any atom is -0.481 e. The molecule has 2 rings (SSSR count). The maximum Gasteiger partial charge on any atom is 0.306 e. The fraction of sp³-hybridized carbons (Fsp3) is 0.857. The molecular weight excluding hydrogens is 232 g/mol. The molecule has 4 atom stereocenters. The molecule has 2 N–H and O–H groups in total. The molecule has 2 aliphatic rings. The van der Waals surface area contributed by atoms with E-state index >= 15 is 0 Å². The van der Waals surface area contributed by atoms with Crippen LogP contribution < -0.4 is 0 Å². The summed E-state index contributed by atoms with van der Waals surface area (Å²) >= 11 is 0. The Hall–Kier alpha value is -1.06. The molecule has 2 unspecified atom stereocenters. The topological polar surface area (TPSA) is 74.6 Å². The second-order valence-corrected chi connectivity index (χ2v) is 5.79. The largest absolute Gasteiger partial charge is 0.481 e. The van der Waals surface area contributed by atoms with Gasteiger partial charge < -0.3 is 10.2 Å². The van der Waals surface area contributed by atoms with Gasteiger partial charge in [0, 0.05) is 0 Å². The van der Waals surface area contributed by atoms with Crippen molar-refractivity contribution in [1.29, 1.82) is 0 Å². The van der Waals surface area contributed by atoms with E-state index in [2.05, 4.69) is 0 Å². The lowest BCUT2D eigenvalue weighted by molar-refractivity contribution is -0.152. The summed E-state index contributed by atoms with van der Waals surface area (Å²) in [5, 5.41) is 18.6. The summed E-state index contributed by atoms with van der Waals surface area (Å²) in [6.07, 6.45) is 7.28. The number of carboxylic acids is 2. The summed E-state index contributed by atoms with van der Waals surface area (Å²) in [7, 11) is 0. The maximum absolute atomic E-state index is 11.3. The van der Waals surface area contributed by atoms with Crippen LogP contribution in [0.1, 0.15) is 51.4 Å². The zero-order chi connectivity index (χ0) is 13.1. The number of carboxylic acid groups (broad SMARTS) is 2. The molecule has 0 aromatic heterocycles. The summed E-state index contributed by atoms with van der Waals surface area (Å²) < 4.78 is 0. The molecule has 0 heterocycles. The Morgan fingerprint density at radius 2 is 1.00 bits per heavy atom. The first-order valence-electron chi connectivity index (χ1n) is 7.07. The van der Waals surface area contributed by atoms with Crippen molar-refractivity contribution in [3.8, 4) is 0 Å². The van der Waals surface area contributed by atoms with Crippen molar-refractivity contribution in [3.05, 3.63) is 0 Å². The molecule has 0 saturated heterocycles. The van der Waals surface area contributed by atoms with E-state index in [9.17, 15) is 19.8 Å². The Bertz CT molecular complexity index is 294. The third kappa shape index (κ3) is 2.68. The lowest BCUT2D eigenvalue weighted by Crippen LogP contribution is -2.39. The van der Waals surface area contributed by atoms with E-state index in [1.54, 1.807) is 0 Å². The van der Waals surface area contributed by atoms with E-state index in [0.29, 0.717) is 0 Å². The van der Waals surface area contributed by atoms with Gasteiger partial charge in [-0.1, -0.05) is 25.7 Å². The van der Waals surface area contributed by atoms with Crippen LogP contribution in [0.25, 0.3) is 0 Å². The van der Waals surface area contributed by atoms with Crippen LogP contribution in [-0.4, -0.2) is 22.2 Å². The molecule has 0 amide bonds. The van der Waals surface area contributed by atoms with Crippen molar-refractivity contribution < 1.29 is 19.8 Å². The fourth-order valence-corrected chi connectivity index (χ4v) is 3.96. The van der Waals surface area contributed by atoms with Gasteiger partial charge in [-0.05, 0) is 37.5 Å². The SMILES string of the molecule is O=C(O)C1CCCC[C@H]1[C@@H]1CCCCC1C(=O)O. The Kier molecular flexibility index (Phi) is 4.25. The lowest BCUT2D eigenvalue weighted by atomic mass is 9.64. The first-order valence-corrected chi connectivity index (χ1v) is 7.07. The summed E-state index contributed by atoms with van der Waals surface area (Å²) in [6.45, 7) is 0. The van der Waals surface area contributed by atoms with Gasteiger partial charge in [-0.2, -0.15) is 0 Å².